The summed E-state index contributed by atoms with van der Waals surface area (Å²) in [6.07, 6.45) is 1.14. The number of aromatic nitrogens is 4. The van der Waals surface area contributed by atoms with Crippen molar-refractivity contribution in [1.82, 2.24) is 40.4 Å². The number of rotatable bonds is 10. The fraction of sp³-hybridized carbons (Fsp3) is 0.273. The third kappa shape index (κ3) is 8.09. The Bertz CT molecular complexity index is 3280. The lowest BCUT2D eigenvalue weighted by molar-refractivity contribution is -0.137. The summed E-state index contributed by atoms with van der Waals surface area (Å²) in [6.45, 7) is 4.19. The number of nitrogens with zero attached hydrogens (tertiary/aromatic N) is 4. The van der Waals surface area contributed by atoms with Crippen molar-refractivity contribution in [3.63, 3.8) is 0 Å². The molecular formula is C55H52N8O6. The van der Waals surface area contributed by atoms with Crippen LogP contribution in [0.15, 0.2) is 133 Å². The first-order valence-electron chi connectivity index (χ1n) is 23.5. The molecule has 14 nitrogen and oxygen atoms in total. The van der Waals surface area contributed by atoms with Crippen LogP contribution in [0.4, 0.5) is 9.59 Å². The van der Waals surface area contributed by atoms with Crippen molar-refractivity contribution in [2.24, 2.45) is 11.8 Å². The molecule has 8 atom stereocenters. The van der Waals surface area contributed by atoms with Gasteiger partial charge in [-0.2, -0.15) is 0 Å². The van der Waals surface area contributed by atoms with E-state index in [1.54, 1.807) is 0 Å². The molecule has 348 valence electrons. The number of hydrogen-bond acceptors (Lipinski definition) is 8. The fourth-order valence-electron chi connectivity index (χ4n) is 10.7. The molecule has 1 saturated carbocycles. The van der Waals surface area contributed by atoms with Crippen LogP contribution in [0.25, 0.3) is 55.1 Å². The number of piperidine rings is 1. The normalized spacial score (nSPS) is 21.5. The largest absolute Gasteiger partial charge is 0.453 e. The van der Waals surface area contributed by atoms with E-state index in [1.165, 1.54) is 14.2 Å². The van der Waals surface area contributed by atoms with E-state index in [9.17, 15) is 19.2 Å². The molecule has 8 aromatic rings. The highest BCUT2D eigenvalue weighted by atomic mass is 16.5. The number of H-pyrrole nitrogens is 2. The molecule has 0 spiro atoms. The lowest BCUT2D eigenvalue weighted by atomic mass is 9.97. The molecule has 4 heterocycles. The Labute approximate surface area is 398 Å². The maximum atomic E-state index is 14.4. The van der Waals surface area contributed by atoms with Crippen LogP contribution in [-0.2, 0) is 19.1 Å². The highest BCUT2D eigenvalue weighted by molar-refractivity contribution is 5.94. The molecule has 69 heavy (non-hydrogen) atoms. The number of amides is 4. The lowest BCUT2D eigenvalue weighted by Gasteiger charge is -2.32. The average molecular weight is 921 g/mol. The molecule has 6 aromatic carbocycles. The number of imidazole rings is 2. The second-order valence-electron chi connectivity index (χ2n) is 18.7. The van der Waals surface area contributed by atoms with E-state index in [2.05, 4.69) is 95.1 Å². The van der Waals surface area contributed by atoms with Gasteiger partial charge < -0.3 is 39.9 Å². The first-order chi connectivity index (χ1) is 33.5. The van der Waals surface area contributed by atoms with Gasteiger partial charge >= 0.3 is 12.2 Å². The molecule has 2 saturated heterocycles. The van der Waals surface area contributed by atoms with Crippen LogP contribution in [0.1, 0.15) is 80.1 Å². The number of methoxy groups -OCH3 is 2. The summed E-state index contributed by atoms with van der Waals surface area (Å²) in [5, 5.41) is 7.74. The Hall–Kier alpha value is -8.00. The summed E-state index contributed by atoms with van der Waals surface area (Å²) >= 11 is 0. The predicted molar refractivity (Wildman–Crippen MR) is 262 cm³/mol. The predicted octanol–water partition coefficient (Wildman–Crippen LogP) is 10.1. The number of hydrogen-bond donors (Lipinski definition) is 4. The summed E-state index contributed by atoms with van der Waals surface area (Å²) < 4.78 is 9.81. The molecule has 0 bridgehead atoms. The molecule has 4 N–H and O–H groups in total. The summed E-state index contributed by atoms with van der Waals surface area (Å²) in [4.78, 5) is 74.5. The molecular weight excluding hydrogens is 869 g/mol. The zero-order chi connectivity index (χ0) is 47.5. The Balaban J connectivity index is 0.825. The standard InChI is InChI=1S/C55H52N8O6/c1-30-23-46(62(31(30)2)52(64)48(60-54(66)68-3)32-11-7-5-8-12-32)50-56-41-21-19-38(26-43(41)58-50)36-17-15-35-25-37(18-16-34(35)24-36)39-20-22-42-44(27-39)59-51(57-42)47-29-40-28-45(40)63(47)53(65)49(61-55(67)69-4)33-13-9-6-10-14-33/h5-22,24-27,30-31,40,45-49H,23,28-29H2,1-4H3,(H,56,58)(H,57,59)(H,60,66)(H,61,67)/t30-,31?,40-,45-,46?,47+,48-,49+/m1/s1. The monoisotopic (exact) mass is 920 g/mol. The Kier molecular flexibility index (Phi) is 11.1. The molecule has 14 heteroatoms. The third-order valence-electron chi connectivity index (χ3n) is 14.6. The van der Waals surface area contributed by atoms with Crippen LogP contribution in [0.5, 0.6) is 0 Å². The van der Waals surface area contributed by atoms with Crippen LogP contribution in [-0.4, -0.2) is 80.0 Å². The van der Waals surface area contributed by atoms with Gasteiger partial charge in [0.1, 0.15) is 23.7 Å². The number of fused-ring (bicyclic) bond motifs is 4. The van der Waals surface area contributed by atoms with Crippen LogP contribution in [0.3, 0.4) is 0 Å². The average Bonchev–Trinajstić information content (AvgIpc) is 3.69. The number of benzene rings is 6. The fourth-order valence-corrected chi connectivity index (χ4v) is 10.7. The summed E-state index contributed by atoms with van der Waals surface area (Å²) in [5.74, 6) is 1.66. The van der Waals surface area contributed by atoms with Crippen molar-refractivity contribution in [2.45, 2.75) is 69.4 Å². The van der Waals surface area contributed by atoms with Crippen molar-refractivity contribution >= 4 is 56.8 Å². The lowest BCUT2D eigenvalue weighted by Crippen LogP contribution is -2.46. The van der Waals surface area contributed by atoms with E-state index >= 15 is 0 Å². The Morgan fingerprint density at radius 1 is 0.565 bits per heavy atom. The number of nitrogens with one attached hydrogen (secondary N) is 4. The molecule has 0 radical (unpaired) electrons. The second kappa shape index (κ2) is 17.6. The SMILES string of the molecule is COC(=O)N[C@H](C(=O)N1[C@@H]2C[C@@H]2C[C@H]1c1nc2ccc(-c3ccc4cc(-c5ccc6nc(C7C[C@@H](C)C(C)N7C(=O)[C@H](NC(=O)OC)c7ccccc7)[nH]c6c5)ccc4c3)cc2[nH]1)c1ccccc1. The van der Waals surface area contributed by atoms with Gasteiger partial charge in [-0.1, -0.05) is 104 Å². The van der Waals surface area contributed by atoms with E-state index in [0.717, 1.165) is 80.2 Å². The van der Waals surface area contributed by atoms with E-state index < -0.39 is 24.3 Å². The third-order valence-corrected chi connectivity index (χ3v) is 14.6. The van der Waals surface area contributed by atoms with Gasteiger partial charge in [-0.25, -0.2) is 19.6 Å². The van der Waals surface area contributed by atoms with Crippen LogP contribution in [0.2, 0.25) is 0 Å². The second-order valence-corrected chi connectivity index (χ2v) is 18.7. The zero-order valence-electron chi connectivity index (χ0n) is 38.7. The molecule has 3 aliphatic rings. The topological polar surface area (TPSA) is 175 Å². The number of likely N-dealkylation sites (tertiary alicyclic amines) is 2. The smallest absolute Gasteiger partial charge is 0.407 e. The number of alkyl carbamates (subject to hydrolysis) is 2. The highest BCUT2D eigenvalue weighted by Gasteiger charge is 2.56. The molecule has 3 fully saturated rings. The van der Waals surface area contributed by atoms with Crippen molar-refractivity contribution in [2.75, 3.05) is 14.2 Å². The van der Waals surface area contributed by atoms with Crippen LogP contribution < -0.4 is 10.6 Å². The molecule has 4 amide bonds. The summed E-state index contributed by atoms with van der Waals surface area (Å²) in [7, 11) is 2.59. The first kappa shape index (κ1) is 43.6. The molecule has 11 rings (SSSR count). The van der Waals surface area contributed by atoms with E-state index in [0.29, 0.717) is 22.9 Å². The summed E-state index contributed by atoms with van der Waals surface area (Å²) in [5.41, 5.74) is 8.97. The van der Waals surface area contributed by atoms with Gasteiger partial charge in [0, 0.05) is 12.1 Å². The zero-order valence-corrected chi connectivity index (χ0v) is 38.7. The van der Waals surface area contributed by atoms with Gasteiger partial charge in [0.15, 0.2) is 0 Å². The Morgan fingerprint density at radius 3 is 1.51 bits per heavy atom. The van der Waals surface area contributed by atoms with Gasteiger partial charge in [0.05, 0.1) is 48.4 Å². The molecule has 2 aliphatic heterocycles. The van der Waals surface area contributed by atoms with E-state index in [1.807, 2.05) is 82.6 Å². The maximum absolute atomic E-state index is 14.4. The van der Waals surface area contributed by atoms with Gasteiger partial charge in [0.25, 0.3) is 11.8 Å². The number of carbonyl (C=O) groups excluding carboxylic acids is 4. The minimum atomic E-state index is -0.916. The summed E-state index contributed by atoms with van der Waals surface area (Å²) in [6, 6.07) is 41.6. The van der Waals surface area contributed by atoms with Crippen molar-refractivity contribution < 1.29 is 28.7 Å². The highest BCUT2D eigenvalue weighted by Crippen LogP contribution is 2.54. The van der Waals surface area contributed by atoms with Crippen molar-refractivity contribution in [3.8, 4) is 22.3 Å². The van der Waals surface area contributed by atoms with E-state index in [4.69, 9.17) is 19.4 Å². The quantitative estimate of drug-likeness (QED) is 0.105. The first-order valence-corrected chi connectivity index (χ1v) is 23.5. The van der Waals surface area contributed by atoms with Crippen molar-refractivity contribution in [1.29, 1.82) is 0 Å². The maximum Gasteiger partial charge on any atom is 0.407 e. The molecule has 1 aliphatic carbocycles. The number of aromatic amines is 2. The van der Waals surface area contributed by atoms with Gasteiger partial charge in [-0.3, -0.25) is 9.59 Å². The minimum absolute atomic E-state index is 0.0904. The van der Waals surface area contributed by atoms with Gasteiger partial charge in [-0.15, -0.1) is 0 Å². The van der Waals surface area contributed by atoms with Crippen LogP contribution in [0, 0.1) is 11.8 Å². The van der Waals surface area contributed by atoms with Crippen LogP contribution >= 0.6 is 0 Å². The van der Waals surface area contributed by atoms with Gasteiger partial charge in [-0.05, 0) is 119 Å². The van der Waals surface area contributed by atoms with Gasteiger partial charge in [0.2, 0.25) is 0 Å². The van der Waals surface area contributed by atoms with E-state index in [-0.39, 0.29) is 41.9 Å². The molecule has 2 unspecified atom stereocenters. The Morgan fingerprint density at radius 2 is 1.01 bits per heavy atom. The minimum Gasteiger partial charge on any atom is -0.453 e. The number of carbonyl (C=O) groups is 4. The molecule has 2 aromatic heterocycles. The number of ether oxygens (including phenoxy) is 2. The van der Waals surface area contributed by atoms with Crippen molar-refractivity contribution in [3.05, 3.63) is 156 Å².